The van der Waals surface area contributed by atoms with Crippen LogP contribution in [-0.4, -0.2) is 31.5 Å². The molecule has 4 nitrogen and oxygen atoms in total. The van der Waals surface area contributed by atoms with Crippen LogP contribution >= 0.6 is 0 Å². The van der Waals surface area contributed by atoms with E-state index in [1.165, 1.54) is 0 Å². The molecule has 1 aromatic rings. The molecule has 3 rings (SSSR count). The maximum atomic E-state index is 10.4. The van der Waals surface area contributed by atoms with E-state index in [2.05, 4.69) is 0 Å². The average molecular weight is 278 g/mol. The third kappa shape index (κ3) is 3.25. The minimum Gasteiger partial charge on any atom is -0.490 e. The Morgan fingerprint density at radius 2 is 1.80 bits per heavy atom. The molecular formula is C16H22O4. The number of hydrogen-bond acceptors (Lipinski definition) is 4. The summed E-state index contributed by atoms with van der Waals surface area (Å²) < 4.78 is 16.6. The largest absolute Gasteiger partial charge is 0.490 e. The SMILES string of the molecule is OC(CC1CCOCC1)c1ccc2c(c1)OCCCO2. The van der Waals surface area contributed by atoms with Crippen LogP contribution in [0.15, 0.2) is 18.2 Å². The molecule has 0 radical (unpaired) electrons. The highest BCUT2D eigenvalue weighted by Gasteiger charge is 2.20. The predicted molar refractivity (Wildman–Crippen MR) is 75.2 cm³/mol. The molecule has 2 aliphatic rings. The molecule has 1 saturated heterocycles. The van der Waals surface area contributed by atoms with Crippen molar-refractivity contribution < 1.29 is 19.3 Å². The van der Waals surface area contributed by atoms with E-state index in [0.29, 0.717) is 19.1 Å². The summed E-state index contributed by atoms with van der Waals surface area (Å²) in [5.74, 6) is 2.09. The maximum absolute atomic E-state index is 10.4. The van der Waals surface area contributed by atoms with Crippen molar-refractivity contribution in [2.75, 3.05) is 26.4 Å². The molecular weight excluding hydrogens is 256 g/mol. The third-order valence-corrected chi connectivity index (χ3v) is 4.05. The van der Waals surface area contributed by atoms with Crippen molar-refractivity contribution in [1.29, 1.82) is 0 Å². The Balaban J connectivity index is 1.67. The Hall–Kier alpha value is -1.26. The van der Waals surface area contributed by atoms with Gasteiger partial charge in [0.1, 0.15) is 0 Å². The Labute approximate surface area is 119 Å². The summed E-state index contributed by atoms with van der Waals surface area (Å²) in [4.78, 5) is 0. The smallest absolute Gasteiger partial charge is 0.161 e. The van der Waals surface area contributed by atoms with Crippen LogP contribution in [0, 0.1) is 5.92 Å². The molecule has 0 bridgehead atoms. The van der Waals surface area contributed by atoms with Crippen LogP contribution in [0.2, 0.25) is 0 Å². The topological polar surface area (TPSA) is 47.9 Å². The summed E-state index contributed by atoms with van der Waals surface area (Å²) in [6.45, 7) is 3.00. The summed E-state index contributed by atoms with van der Waals surface area (Å²) in [5.41, 5.74) is 0.917. The maximum Gasteiger partial charge on any atom is 0.161 e. The normalized spacial score (nSPS) is 21.2. The number of aliphatic hydroxyl groups excluding tert-OH is 1. The molecule has 0 aliphatic carbocycles. The van der Waals surface area contributed by atoms with Gasteiger partial charge in [0.25, 0.3) is 0 Å². The molecule has 1 atom stereocenters. The van der Waals surface area contributed by atoms with Crippen LogP contribution in [0.5, 0.6) is 11.5 Å². The van der Waals surface area contributed by atoms with E-state index >= 15 is 0 Å². The van der Waals surface area contributed by atoms with Crippen molar-refractivity contribution in [2.24, 2.45) is 5.92 Å². The molecule has 20 heavy (non-hydrogen) atoms. The van der Waals surface area contributed by atoms with E-state index in [1.54, 1.807) is 0 Å². The second kappa shape index (κ2) is 6.46. The molecule has 1 N–H and O–H groups in total. The summed E-state index contributed by atoms with van der Waals surface area (Å²) in [6, 6.07) is 5.77. The lowest BCUT2D eigenvalue weighted by molar-refractivity contribution is 0.0434. The second-order valence-electron chi connectivity index (χ2n) is 5.56. The van der Waals surface area contributed by atoms with Crippen LogP contribution in [0.1, 0.15) is 37.4 Å². The lowest BCUT2D eigenvalue weighted by Gasteiger charge is -2.24. The lowest BCUT2D eigenvalue weighted by atomic mass is 9.91. The molecule has 1 fully saturated rings. The summed E-state index contributed by atoms with van der Waals surface area (Å²) in [5, 5.41) is 10.4. The van der Waals surface area contributed by atoms with Gasteiger partial charge in [-0.3, -0.25) is 0 Å². The van der Waals surface area contributed by atoms with Gasteiger partial charge < -0.3 is 19.3 Å². The monoisotopic (exact) mass is 278 g/mol. The molecule has 0 amide bonds. The minimum atomic E-state index is -0.435. The van der Waals surface area contributed by atoms with E-state index in [-0.39, 0.29) is 0 Å². The Kier molecular flexibility index (Phi) is 4.43. The number of rotatable bonds is 3. The predicted octanol–water partition coefficient (Wildman–Crippen LogP) is 2.70. The van der Waals surface area contributed by atoms with E-state index in [1.807, 2.05) is 18.2 Å². The first-order valence-corrected chi connectivity index (χ1v) is 7.48. The molecule has 1 aromatic carbocycles. The first kappa shape index (κ1) is 13.7. The number of ether oxygens (including phenoxy) is 3. The number of benzene rings is 1. The van der Waals surface area contributed by atoms with Gasteiger partial charge in [-0.1, -0.05) is 6.07 Å². The first-order chi connectivity index (χ1) is 9.83. The fourth-order valence-electron chi connectivity index (χ4n) is 2.82. The number of fused-ring (bicyclic) bond motifs is 1. The van der Waals surface area contributed by atoms with E-state index in [9.17, 15) is 5.11 Å². The molecule has 0 aromatic heterocycles. The van der Waals surface area contributed by atoms with Gasteiger partial charge in [-0.05, 0) is 42.9 Å². The van der Waals surface area contributed by atoms with Crippen molar-refractivity contribution in [2.45, 2.75) is 31.8 Å². The highest BCUT2D eigenvalue weighted by Crippen LogP contribution is 2.34. The highest BCUT2D eigenvalue weighted by atomic mass is 16.5. The quantitative estimate of drug-likeness (QED) is 0.923. The van der Waals surface area contributed by atoms with Gasteiger partial charge in [-0.25, -0.2) is 0 Å². The van der Waals surface area contributed by atoms with Crippen LogP contribution in [0.3, 0.4) is 0 Å². The van der Waals surface area contributed by atoms with Gasteiger partial charge in [0.2, 0.25) is 0 Å². The highest BCUT2D eigenvalue weighted by molar-refractivity contribution is 5.44. The first-order valence-electron chi connectivity index (χ1n) is 7.48. The zero-order chi connectivity index (χ0) is 13.8. The van der Waals surface area contributed by atoms with Gasteiger partial charge >= 0.3 is 0 Å². The van der Waals surface area contributed by atoms with Gasteiger partial charge in [0, 0.05) is 19.6 Å². The summed E-state index contributed by atoms with van der Waals surface area (Å²) in [7, 11) is 0. The van der Waals surface area contributed by atoms with Crippen molar-refractivity contribution in [3.05, 3.63) is 23.8 Å². The average Bonchev–Trinajstić information content (AvgIpc) is 2.72. The third-order valence-electron chi connectivity index (χ3n) is 4.05. The van der Waals surface area contributed by atoms with Crippen LogP contribution in [-0.2, 0) is 4.74 Å². The van der Waals surface area contributed by atoms with Gasteiger partial charge in [-0.15, -0.1) is 0 Å². The second-order valence-corrected chi connectivity index (χ2v) is 5.56. The lowest BCUT2D eigenvalue weighted by Crippen LogP contribution is -2.18. The molecule has 4 heteroatoms. The molecule has 0 spiro atoms. The van der Waals surface area contributed by atoms with Crippen molar-refractivity contribution >= 4 is 0 Å². The van der Waals surface area contributed by atoms with E-state index in [4.69, 9.17) is 14.2 Å². The molecule has 0 saturated carbocycles. The van der Waals surface area contributed by atoms with Gasteiger partial charge in [0.15, 0.2) is 11.5 Å². The van der Waals surface area contributed by atoms with Gasteiger partial charge in [0.05, 0.1) is 19.3 Å². The zero-order valence-electron chi connectivity index (χ0n) is 11.7. The van der Waals surface area contributed by atoms with Crippen LogP contribution in [0.25, 0.3) is 0 Å². The van der Waals surface area contributed by atoms with Crippen LogP contribution < -0.4 is 9.47 Å². The number of hydrogen-bond donors (Lipinski definition) is 1. The Morgan fingerprint density at radius 1 is 1.05 bits per heavy atom. The fraction of sp³-hybridized carbons (Fsp3) is 0.625. The minimum absolute atomic E-state index is 0.435. The van der Waals surface area contributed by atoms with Crippen molar-refractivity contribution in [3.63, 3.8) is 0 Å². The standard InChI is InChI=1S/C16H22O4/c17-14(10-12-4-8-18-9-5-12)13-2-3-15-16(11-13)20-7-1-6-19-15/h2-3,11-12,14,17H,1,4-10H2. The Morgan fingerprint density at radius 3 is 2.60 bits per heavy atom. The molecule has 2 heterocycles. The van der Waals surface area contributed by atoms with E-state index in [0.717, 1.165) is 56.0 Å². The molecule has 1 unspecified atom stereocenters. The fourth-order valence-corrected chi connectivity index (χ4v) is 2.82. The van der Waals surface area contributed by atoms with Crippen molar-refractivity contribution in [1.82, 2.24) is 0 Å². The summed E-state index contributed by atoms with van der Waals surface area (Å²) >= 11 is 0. The molecule has 110 valence electrons. The molecule has 2 aliphatic heterocycles. The van der Waals surface area contributed by atoms with Crippen molar-refractivity contribution in [3.8, 4) is 11.5 Å². The van der Waals surface area contributed by atoms with E-state index < -0.39 is 6.10 Å². The van der Waals surface area contributed by atoms with Crippen LogP contribution in [0.4, 0.5) is 0 Å². The number of aliphatic hydroxyl groups is 1. The van der Waals surface area contributed by atoms with Gasteiger partial charge in [-0.2, -0.15) is 0 Å². The Bertz CT molecular complexity index is 440. The summed E-state index contributed by atoms with van der Waals surface area (Å²) in [6.07, 6.45) is 3.34. The zero-order valence-corrected chi connectivity index (χ0v) is 11.7.